The molecule has 1 aliphatic carbocycles. The van der Waals surface area contributed by atoms with Crippen LogP contribution in [0.5, 0.6) is 0 Å². The summed E-state index contributed by atoms with van der Waals surface area (Å²) in [5.41, 5.74) is 0.0899. The molecule has 2 rings (SSSR count). The molecular formula is C13H17ClN2O3. The van der Waals surface area contributed by atoms with Crippen molar-refractivity contribution in [3.05, 3.63) is 22.8 Å². The summed E-state index contributed by atoms with van der Waals surface area (Å²) in [7, 11) is 1.86. The Hall–Kier alpha value is -1.33. The van der Waals surface area contributed by atoms with Crippen molar-refractivity contribution in [2.45, 2.75) is 12.8 Å². The molecule has 5 nitrogen and oxygen atoms in total. The average Bonchev–Trinajstić information content (AvgIpc) is 3.18. The third-order valence-corrected chi connectivity index (χ3v) is 3.33. The van der Waals surface area contributed by atoms with Crippen LogP contribution in [0.3, 0.4) is 0 Å². The van der Waals surface area contributed by atoms with Gasteiger partial charge in [-0.05, 0) is 24.8 Å². The number of aromatic carboxylic acids is 1. The van der Waals surface area contributed by atoms with E-state index in [1.54, 1.807) is 0 Å². The first kappa shape index (κ1) is 14.1. The van der Waals surface area contributed by atoms with Gasteiger partial charge in [0.25, 0.3) is 0 Å². The number of likely N-dealkylation sites (N-methyl/N-ethyl adjacent to an activating group) is 1. The van der Waals surface area contributed by atoms with Crippen molar-refractivity contribution >= 4 is 23.4 Å². The van der Waals surface area contributed by atoms with Gasteiger partial charge in [-0.2, -0.15) is 0 Å². The molecule has 1 saturated carbocycles. The highest BCUT2D eigenvalue weighted by molar-refractivity contribution is 6.33. The van der Waals surface area contributed by atoms with Crippen LogP contribution >= 0.6 is 11.6 Å². The molecule has 1 aliphatic rings. The molecular weight excluding hydrogens is 268 g/mol. The van der Waals surface area contributed by atoms with E-state index in [0.717, 1.165) is 12.5 Å². The average molecular weight is 285 g/mol. The van der Waals surface area contributed by atoms with Gasteiger partial charge in [-0.15, -0.1) is 0 Å². The normalized spacial score (nSPS) is 14.4. The molecule has 0 saturated heterocycles. The second-order valence-corrected chi connectivity index (χ2v) is 5.18. The maximum absolute atomic E-state index is 10.8. The molecule has 1 fully saturated rings. The number of nitrogens with zero attached hydrogens (tertiary/aromatic N) is 2. The van der Waals surface area contributed by atoms with E-state index in [-0.39, 0.29) is 5.56 Å². The molecule has 0 atom stereocenters. The van der Waals surface area contributed by atoms with Gasteiger partial charge in [-0.1, -0.05) is 11.6 Å². The molecule has 0 radical (unpaired) electrons. The molecule has 0 aliphatic heterocycles. The quantitative estimate of drug-likeness (QED) is 0.779. The van der Waals surface area contributed by atoms with Crippen molar-refractivity contribution in [3.63, 3.8) is 0 Å². The second-order valence-electron chi connectivity index (χ2n) is 4.77. The van der Waals surface area contributed by atoms with Crippen LogP contribution in [0.2, 0.25) is 5.02 Å². The zero-order valence-corrected chi connectivity index (χ0v) is 11.6. The summed E-state index contributed by atoms with van der Waals surface area (Å²) in [6.45, 7) is 2.12. The van der Waals surface area contributed by atoms with E-state index in [1.165, 1.54) is 25.1 Å². The Morgan fingerprint density at radius 1 is 1.63 bits per heavy atom. The third-order valence-electron chi connectivity index (χ3n) is 3.05. The maximum atomic E-state index is 10.8. The predicted molar refractivity (Wildman–Crippen MR) is 73.0 cm³/mol. The van der Waals surface area contributed by atoms with E-state index in [1.807, 2.05) is 11.9 Å². The van der Waals surface area contributed by atoms with E-state index in [9.17, 15) is 4.79 Å². The smallest absolute Gasteiger partial charge is 0.337 e. The molecule has 0 aromatic carbocycles. The van der Waals surface area contributed by atoms with E-state index < -0.39 is 5.97 Å². The summed E-state index contributed by atoms with van der Waals surface area (Å²) >= 11 is 6.03. The van der Waals surface area contributed by atoms with Crippen LogP contribution in [0.25, 0.3) is 0 Å². The Balaban J connectivity index is 1.86. The second kappa shape index (κ2) is 6.21. The Bertz CT molecular complexity index is 463. The van der Waals surface area contributed by atoms with Crippen LogP contribution in [0.1, 0.15) is 23.2 Å². The van der Waals surface area contributed by atoms with Crippen LogP contribution in [0.15, 0.2) is 12.3 Å². The fraction of sp³-hybridized carbons (Fsp3) is 0.538. The first-order chi connectivity index (χ1) is 9.08. The van der Waals surface area contributed by atoms with Gasteiger partial charge in [0, 0.05) is 26.4 Å². The molecule has 1 aromatic heterocycles. The lowest BCUT2D eigenvalue weighted by atomic mass is 10.3. The number of pyridine rings is 1. The predicted octanol–water partition coefficient (Wildman–Crippen LogP) is 2.30. The number of ether oxygens (including phenoxy) is 1. The van der Waals surface area contributed by atoms with Crippen LogP contribution in [-0.4, -0.2) is 42.9 Å². The van der Waals surface area contributed by atoms with Gasteiger partial charge in [0.15, 0.2) is 0 Å². The third kappa shape index (κ3) is 4.08. The molecule has 6 heteroatoms. The molecule has 0 spiro atoms. The fourth-order valence-electron chi connectivity index (χ4n) is 1.67. The monoisotopic (exact) mass is 284 g/mol. The van der Waals surface area contributed by atoms with E-state index in [4.69, 9.17) is 21.4 Å². The maximum Gasteiger partial charge on any atom is 0.337 e. The lowest BCUT2D eigenvalue weighted by Crippen LogP contribution is -2.24. The van der Waals surface area contributed by atoms with E-state index in [0.29, 0.717) is 24.0 Å². The number of hydrogen-bond acceptors (Lipinski definition) is 4. The van der Waals surface area contributed by atoms with Crippen molar-refractivity contribution in [1.29, 1.82) is 0 Å². The molecule has 0 amide bonds. The molecule has 0 unspecified atom stereocenters. The summed E-state index contributed by atoms with van der Waals surface area (Å²) in [5.74, 6) is 0.292. The Morgan fingerprint density at radius 2 is 2.37 bits per heavy atom. The molecule has 1 N–H and O–H groups in total. The minimum Gasteiger partial charge on any atom is -0.478 e. The van der Waals surface area contributed by atoms with Crippen molar-refractivity contribution in [2.24, 2.45) is 5.92 Å². The van der Waals surface area contributed by atoms with Gasteiger partial charge in [0.1, 0.15) is 5.82 Å². The molecule has 1 heterocycles. The zero-order chi connectivity index (χ0) is 13.8. The highest BCUT2D eigenvalue weighted by atomic mass is 35.5. The summed E-state index contributed by atoms with van der Waals surface area (Å²) in [6, 6.07) is 1.41. The van der Waals surface area contributed by atoms with E-state index in [2.05, 4.69) is 4.98 Å². The number of carboxylic acid groups (broad SMARTS) is 1. The Kier molecular flexibility index (Phi) is 4.61. The number of aromatic nitrogens is 1. The number of anilines is 1. The molecule has 19 heavy (non-hydrogen) atoms. The summed E-state index contributed by atoms with van der Waals surface area (Å²) in [5, 5.41) is 9.18. The topological polar surface area (TPSA) is 62.7 Å². The summed E-state index contributed by atoms with van der Waals surface area (Å²) in [4.78, 5) is 16.7. The van der Waals surface area contributed by atoms with Crippen molar-refractivity contribution in [2.75, 3.05) is 31.7 Å². The first-order valence-corrected chi connectivity index (χ1v) is 6.63. The van der Waals surface area contributed by atoms with Crippen LogP contribution in [0, 0.1) is 5.92 Å². The number of carbonyl (C=O) groups is 1. The van der Waals surface area contributed by atoms with Gasteiger partial charge < -0.3 is 14.7 Å². The first-order valence-electron chi connectivity index (χ1n) is 6.25. The minimum atomic E-state index is -1.03. The van der Waals surface area contributed by atoms with Gasteiger partial charge in [-0.25, -0.2) is 9.78 Å². The molecule has 104 valence electrons. The minimum absolute atomic E-state index is 0.0899. The Morgan fingerprint density at radius 3 is 2.95 bits per heavy atom. The molecule has 0 bridgehead atoms. The van der Waals surface area contributed by atoms with Gasteiger partial charge in [0.05, 0.1) is 17.2 Å². The highest BCUT2D eigenvalue weighted by Crippen LogP contribution is 2.28. The van der Waals surface area contributed by atoms with Crippen molar-refractivity contribution in [1.82, 2.24) is 4.98 Å². The highest BCUT2D eigenvalue weighted by Gasteiger charge is 2.21. The van der Waals surface area contributed by atoms with E-state index >= 15 is 0 Å². The van der Waals surface area contributed by atoms with Gasteiger partial charge >= 0.3 is 5.97 Å². The largest absolute Gasteiger partial charge is 0.478 e. The number of hydrogen-bond donors (Lipinski definition) is 1. The SMILES string of the molecule is CN(CCOCC1CC1)c1ncc(C(=O)O)cc1Cl. The zero-order valence-electron chi connectivity index (χ0n) is 10.8. The van der Waals surface area contributed by atoms with Crippen LogP contribution in [0.4, 0.5) is 5.82 Å². The van der Waals surface area contributed by atoms with Gasteiger partial charge in [0.2, 0.25) is 0 Å². The number of halogens is 1. The van der Waals surface area contributed by atoms with Crippen molar-refractivity contribution in [3.8, 4) is 0 Å². The van der Waals surface area contributed by atoms with Crippen LogP contribution in [-0.2, 0) is 4.74 Å². The summed E-state index contributed by atoms with van der Waals surface area (Å²) < 4.78 is 5.54. The fourth-order valence-corrected chi connectivity index (χ4v) is 1.98. The number of carboxylic acids is 1. The van der Waals surface area contributed by atoms with Crippen molar-refractivity contribution < 1.29 is 14.6 Å². The number of rotatable bonds is 7. The lowest BCUT2D eigenvalue weighted by Gasteiger charge is -2.19. The van der Waals surface area contributed by atoms with Crippen LogP contribution < -0.4 is 4.90 Å². The summed E-state index contributed by atoms with van der Waals surface area (Å²) in [6.07, 6.45) is 3.87. The van der Waals surface area contributed by atoms with Gasteiger partial charge in [-0.3, -0.25) is 0 Å². The molecule has 1 aromatic rings. The lowest BCUT2D eigenvalue weighted by molar-refractivity contribution is 0.0696. The Labute approximate surface area is 117 Å². The standard InChI is InChI=1S/C13H17ClN2O3/c1-16(4-5-19-8-9-2-3-9)12-11(14)6-10(7-15-12)13(17)18/h6-7,9H,2-5,8H2,1H3,(H,17,18).